The Morgan fingerprint density at radius 1 is 1.53 bits per heavy atom. The summed E-state index contributed by atoms with van der Waals surface area (Å²) < 4.78 is 13.7. The molecule has 2 nitrogen and oxygen atoms in total. The van der Waals surface area contributed by atoms with Gasteiger partial charge in [-0.05, 0) is 38.0 Å². The Kier molecular flexibility index (Phi) is 3.35. The lowest BCUT2D eigenvalue weighted by atomic mass is 9.94. The van der Waals surface area contributed by atoms with Crippen LogP contribution in [0.15, 0.2) is 6.07 Å². The predicted molar refractivity (Wildman–Crippen MR) is 56.9 cm³/mol. The van der Waals surface area contributed by atoms with Gasteiger partial charge in [-0.1, -0.05) is 11.6 Å². The average molecular weight is 231 g/mol. The molecule has 15 heavy (non-hydrogen) atoms. The molecule has 1 rings (SSSR count). The summed E-state index contributed by atoms with van der Waals surface area (Å²) in [6.45, 7) is 4.64. The van der Waals surface area contributed by atoms with Crippen molar-refractivity contribution in [2.24, 2.45) is 0 Å². The molecule has 1 aromatic carbocycles. The second-order valence-corrected chi connectivity index (χ2v) is 4.00. The van der Waals surface area contributed by atoms with E-state index in [0.717, 1.165) is 0 Å². The highest BCUT2D eigenvalue weighted by molar-refractivity contribution is 6.31. The van der Waals surface area contributed by atoms with Crippen LogP contribution in [-0.4, -0.2) is 11.1 Å². The van der Waals surface area contributed by atoms with Gasteiger partial charge in [-0.25, -0.2) is 4.39 Å². The molecule has 0 bridgehead atoms. The lowest BCUT2D eigenvalue weighted by Gasteiger charge is -2.14. The smallest absolute Gasteiger partial charge is 0.310 e. The molecule has 0 aliphatic heterocycles. The van der Waals surface area contributed by atoms with Crippen LogP contribution in [0.5, 0.6) is 0 Å². The maximum atomic E-state index is 13.7. The first kappa shape index (κ1) is 12.0. The minimum atomic E-state index is -1.06. The van der Waals surface area contributed by atoms with Gasteiger partial charge >= 0.3 is 5.97 Å². The number of carboxylic acids is 1. The highest BCUT2D eigenvalue weighted by Crippen LogP contribution is 2.30. The number of aliphatic carboxylic acids is 1. The Morgan fingerprint density at radius 3 is 2.53 bits per heavy atom. The number of hydrogen-bond donors (Lipinski definition) is 1. The average Bonchev–Trinajstić information content (AvgIpc) is 2.15. The van der Waals surface area contributed by atoms with Crippen LogP contribution in [0.2, 0.25) is 5.02 Å². The summed E-state index contributed by atoms with van der Waals surface area (Å²) in [5.41, 5.74) is 1.04. The zero-order chi connectivity index (χ0) is 11.7. The topological polar surface area (TPSA) is 37.3 Å². The number of halogens is 2. The Bertz CT molecular complexity index is 389. The van der Waals surface area contributed by atoms with Crippen LogP contribution in [0, 0.1) is 19.7 Å². The first-order valence-electron chi connectivity index (χ1n) is 4.54. The molecular weight excluding hydrogens is 219 g/mol. The summed E-state index contributed by atoms with van der Waals surface area (Å²) in [7, 11) is 0. The van der Waals surface area contributed by atoms with Gasteiger partial charge in [0.15, 0.2) is 0 Å². The van der Waals surface area contributed by atoms with Crippen LogP contribution in [-0.2, 0) is 4.79 Å². The molecule has 1 unspecified atom stereocenters. The van der Waals surface area contributed by atoms with E-state index < -0.39 is 17.7 Å². The highest BCUT2D eigenvalue weighted by atomic mass is 35.5. The van der Waals surface area contributed by atoms with E-state index in [1.807, 2.05) is 0 Å². The number of rotatable bonds is 2. The number of hydrogen-bond acceptors (Lipinski definition) is 1. The summed E-state index contributed by atoms with van der Waals surface area (Å²) in [6.07, 6.45) is 0. The molecule has 0 aliphatic rings. The molecule has 0 saturated heterocycles. The fourth-order valence-electron chi connectivity index (χ4n) is 1.51. The van der Waals surface area contributed by atoms with Gasteiger partial charge in [0.05, 0.1) is 5.92 Å². The van der Waals surface area contributed by atoms with Crippen molar-refractivity contribution in [1.82, 2.24) is 0 Å². The lowest BCUT2D eigenvalue weighted by molar-refractivity contribution is -0.138. The molecule has 0 aromatic heterocycles. The number of aryl methyl sites for hydroxylation is 1. The standard InChI is InChI=1S/C11H12ClFO2/c1-5-4-8(12)6(2)9(10(5)13)7(3)11(14)15/h4,7H,1-3H3,(H,14,15). The second-order valence-electron chi connectivity index (χ2n) is 3.59. The van der Waals surface area contributed by atoms with Gasteiger partial charge in [0.2, 0.25) is 0 Å². The minimum absolute atomic E-state index is 0.174. The third-order valence-electron chi connectivity index (χ3n) is 2.49. The molecule has 0 radical (unpaired) electrons. The fourth-order valence-corrected chi connectivity index (χ4v) is 1.77. The third-order valence-corrected chi connectivity index (χ3v) is 2.88. The van der Waals surface area contributed by atoms with Crippen LogP contribution in [0.3, 0.4) is 0 Å². The maximum absolute atomic E-state index is 13.7. The van der Waals surface area contributed by atoms with Crippen LogP contribution < -0.4 is 0 Å². The summed E-state index contributed by atoms with van der Waals surface area (Å²) in [6, 6.07) is 1.50. The number of carboxylic acid groups (broad SMARTS) is 1. The SMILES string of the molecule is Cc1cc(Cl)c(C)c(C(C)C(=O)O)c1F. The van der Waals surface area contributed by atoms with Gasteiger partial charge < -0.3 is 5.11 Å². The van der Waals surface area contributed by atoms with Gasteiger partial charge in [-0.15, -0.1) is 0 Å². The molecule has 0 spiro atoms. The van der Waals surface area contributed by atoms with Gasteiger partial charge in [0, 0.05) is 10.6 Å². The molecule has 0 heterocycles. The normalized spacial score (nSPS) is 12.6. The van der Waals surface area contributed by atoms with Crippen LogP contribution in [0.25, 0.3) is 0 Å². The quantitative estimate of drug-likeness (QED) is 0.847. The Hall–Kier alpha value is -1.09. The van der Waals surface area contributed by atoms with Crippen LogP contribution >= 0.6 is 11.6 Å². The van der Waals surface area contributed by atoms with Crippen molar-refractivity contribution in [2.45, 2.75) is 26.7 Å². The molecule has 1 atom stereocenters. The molecule has 1 aromatic rings. The predicted octanol–water partition coefficient (Wildman–Crippen LogP) is 3.28. The summed E-state index contributed by atoms with van der Waals surface area (Å²) >= 11 is 5.88. The first-order valence-corrected chi connectivity index (χ1v) is 4.92. The van der Waals surface area contributed by atoms with Crippen molar-refractivity contribution in [3.63, 3.8) is 0 Å². The van der Waals surface area contributed by atoms with Gasteiger partial charge in [0.1, 0.15) is 5.82 Å². The summed E-state index contributed by atoms with van der Waals surface area (Å²) in [5.74, 6) is -2.42. The zero-order valence-corrected chi connectivity index (χ0v) is 9.52. The van der Waals surface area contributed by atoms with Crippen molar-refractivity contribution < 1.29 is 14.3 Å². The first-order chi connectivity index (χ1) is 6.86. The van der Waals surface area contributed by atoms with Crippen molar-refractivity contribution in [2.75, 3.05) is 0 Å². The second kappa shape index (κ2) is 4.19. The van der Waals surface area contributed by atoms with E-state index >= 15 is 0 Å². The highest BCUT2D eigenvalue weighted by Gasteiger charge is 2.22. The monoisotopic (exact) mass is 230 g/mol. The van der Waals surface area contributed by atoms with Crippen molar-refractivity contribution in [3.8, 4) is 0 Å². The lowest BCUT2D eigenvalue weighted by Crippen LogP contribution is -2.12. The third kappa shape index (κ3) is 2.12. The molecule has 0 saturated carbocycles. The van der Waals surface area contributed by atoms with E-state index in [0.29, 0.717) is 16.1 Å². The number of benzene rings is 1. The molecule has 1 N–H and O–H groups in total. The van der Waals surface area contributed by atoms with E-state index in [9.17, 15) is 9.18 Å². The van der Waals surface area contributed by atoms with E-state index in [1.54, 1.807) is 13.8 Å². The van der Waals surface area contributed by atoms with Crippen molar-refractivity contribution in [1.29, 1.82) is 0 Å². The molecule has 0 fully saturated rings. The molecule has 4 heteroatoms. The van der Waals surface area contributed by atoms with E-state index in [4.69, 9.17) is 16.7 Å². The summed E-state index contributed by atoms with van der Waals surface area (Å²) in [5, 5.41) is 9.26. The van der Waals surface area contributed by atoms with Crippen LogP contribution in [0.4, 0.5) is 4.39 Å². The van der Waals surface area contributed by atoms with Gasteiger partial charge in [-0.2, -0.15) is 0 Å². The minimum Gasteiger partial charge on any atom is -0.481 e. The van der Waals surface area contributed by atoms with E-state index in [2.05, 4.69) is 0 Å². The molecule has 0 aliphatic carbocycles. The zero-order valence-electron chi connectivity index (χ0n) is 8.77. The fraction of sp³-hybridized carbons (Fsp3) is 0.364. The largest absolute Gasteiger partial charge is 0.481 e. The maximum Gasteiger partial charge on any atom is 0.310 e. The Labute approximate surface area is 92.7 Å². The van der Waals surface area contributed by atoms with Crippen molar-refractivity contribution in [3.05, 3.63) is 33.6 Å². The molecule has 0 amide bonds. The Balaban J connectivity index is 3.45. The summed E-state index contributed by atoms with van der Waals surface area (Å²) in [4.78, 5) is 10.8. The van der Waals surface area contributed by atoms with Crippen molar-refractivity contribution >= 4 is 17.6 Å². The van der Waals surface area contributed by atoms with Crippen LogP contribution in [0.1, 0.15) is 29.5 Å². The van der Waals surface area contributed by atoms with E-state index in [-0.39, 0.29) is 5.56 Å². The van der Waals surface area contributed by atoms with E-state index in [1.165, 1.54) is 13.0 Å². The van der Waals surface area contributed by atoms with Gasteiger partial charge in [0.25, 0.3) is 0 Å². The van der Waals surface area contributed by atoms with Gasteiger partial charge in [-0.3, -0.25) is 4.79 Å². The molecule has 82 valence electrons. The number of carbonyl (C=O) groups is 1. The Morgan fingerprint density at radius 2 is 2.07 bits per heavy atom. The molecular formula is C11H12ClFO2.